The number of hydrogen-bond acceptors (Lipinski definition) is 1. The van der Waals surface area contributed by atoms with Crippen molar-refractivity contribution >= 4 is 54.4 Å². The maximum Gasteiger partial charge on any atom is 0.0645 e. The summed E-state index contributed by atoms with van der Waals surface area (Å²) >= 11 is 0. The highest BCUT2D eigenvalue weighted by Gasteiger charge is 2.21. The molecule has 0 saturated heterocycles. The van der Waals surface area contributed by atoms with E-state index in [2.05, 4.69) is 123 Å². The van der Waals surface area contributed by atoms with Crippen molar-refractivity contribution in [3.8, 4) is 11.4 Å². The Morgan fingerprint density at radius 1 is 0.444 bits per heavy atom. The van der Waals surface area contributed by atoms with Gasteiger partial charge in [0.1, 0.15) is 0 Å². The smallest absolute Gasteiger partial charge is 0.0645 e. The van der Waals surface area contributed by atoms with E-state index in [1.807, 2.05) is 18.5 Å². The Labute approximate surface area is 207 Å². The first kappa shape index (κ1) is 19.4. The lowest BCUT2D eigenvalue weighted by Crippen LogP contribution is -1.95. The molecule has 168 valence electrons. The Morgan fingerprint density at radius 3 is 2.03 bits per heavy atom. The molecule has 3 aromatic heterocycles. The van der Waals surface area contributed by atoms with Crippen LogP contribution < -0.4 is 0 Å². The highest BCUT2D eigenvalue weighted by atomic mass is 15.0. The van der Waals surface area contributed by atoms with Crippen LogP contribution >= 0.6 is 0 Å². The van der Waals surface area contributed by atoms with Crippen LogP contribution in [0.25, 0.3) is 65.8 Å². The lowest BCUT2D eigenvalue weighted by atomic mass is 10.0. The summed E-state index contributed by atoms with van der Waals surface area (Å²) in [7, 11) is 0. The van der Waals surface area contributed by atoms with Crippen molar-refractivity contribution < 1.29 is 0 Å². The van der Waals surface area contributed by atoms with Gasteiger partial charge >= 0.3 is 0 Å². The van der Waals surface area contributed by atoms with Crippen molar-refractivity contribution in [1.29, 1.82) is 0 Å². The van der Waals surface area contributed by atoms with Crippen molar-refractivity contribution in [2.24, 2.45) is 0 Å². The van der Waals surface area contributed by atoms with Gasteiger partial charge in [0.25, 0.3) is 0 Å². The molecular formula is C33H21N3. The van der Waals surface area contributed by atoms with Crippen molar-refractivity contribution in [2.75, 3.05) is 0 Å². The molecule has 0 atom stereocenters. The fraction of sp³-hybridized carbons (Fsp3) is 0. The zero-order valence-electron chi connectivity index (χ0n) is 19.5. The molecule has 8 rings (SSSR count). The molecule has 0 aliphatic carbocycles. The van der Waals surface area contributed by atoms with Crippen molar-refractivity contribution in [2.45, 2.75) is 0 Å². The van der Waals surface area contributed by atoms with E-state index in [-0.39, 0.29) is 0 Å². The van der Waals surface area contributed by atoms with E-state index in [0.717, 1.165) is 5.69 Å². The van der Waals surface area contributed by atoms with Gasteiger partial charge in [-0.15, -0.1) is 0 Å². The van der Waals surface area contributed by atoms with E-state index in [9.17, 15) is 0 Å². The third kappa shape index (κ3) is 2.54. The quantitative estimate of drug-likeness (QED) is 0.254. The molecule has 0 radical (unpaired) electrons. The molecule has 3 nitrogen and oxygen atoms in total. The van der Waals surface area contributed by atoms with Crippen LogP contribution in [0.1, 0.15) is 0 Å². The molecule has 3 heterocycles. The molecule has 0 fully saturated rings. The highest BCUT2D eigenvalue weighted by molar-refractivity contribution is 6.30. The first-order chi connectivity index (χ1) is 17.9. The molecule has 0 amide bonds. The van der Waals surface area contributed by atoms with Crippen LogP contribution in [0.3, 0.4) is 0 Å². The molecule has 8 aromatic rings. The van der Waals surface area contributed by atoms with Gasteiger partial charge in [-0.1, -0.05) is 72.8 Å². The first-order valence-corrected chi connectivity index (χ1v) is 12.2. The molecule has 5 aromatic carbocycles. The fourth-order valence-electron chi connectivity index (χ4n) is 5.94. The van der Waals surface area contributed by atoms with E-state index >= 15 is 0 Å². The average molecular weight is 460 g/mol. The molecule has 0 aliphatic heterocycles. The number of pyridine rings is 1. The van der Waals surface area contributed by atoms with Crippen molar-refractivity contribution in [3.63, 3.8) is 0 Å². The largest absolute Gasteiger partial charge is 0.309 e. The molecule has 0 saturated carbocycles. The van der Waals surface area contributed by atoms with Gasteiger partial charge in [-0.25, -0.2) is 0 Å². The van der Waals surface area contributed by atoms with Gasteiger partial charge in [0, 0.05) is 33.4 Å². The van der Waals surface area contributed by atoms with Crippen LogP contribution in [-0.4, -0.2) is 14.1 Å². The number of para-hydroxylation sites is 2. The number of fused-ring (bicyclic) bond motifs is 9. The zero-order chi connectivity index (χ0) is 23.6. The molecule has 0 bridgehead atoms. The Balaban J connectivity index is 1.68. The normalized spacial score (nSPS) is 11.9. The summed E-state index contributed by atoms with van der Waals surface area (Å²) in [5.74, 6) is 0. The van der Waals surface area contributed by atoms with E-state index in [0.29, 0.717) is 0 Å². The Kier molecular flexibility index (Phi) is 3.94. The summed E-state index contributed by atoms with van der Waals surface area (Å²) in [4.78, 5) is 4.42. The van der Waals surface area contributed by atoms with Gasteiger partial charge in [0.15, 0.2) is 0 Å². The van der Waals surface area contributed by atoms with E-state index in [1.54, 1.807) is 0 Å². The predicted molar refractivity (Wildman–Crippen MR) is 150 cm³/mol. The topological polar surface area (TPSA) is 22.8 Å². The molecule has 0 spiro atoms. The first-order valence-electron chi connectivity index (χ1n) is 12.2. The predicted octanol–water partition coefficient (Wildman–Crippen LogP) is 8.43. The lowest BCUT2D eigenvalue weighted by Gasteiger charge is -2.10. The van der Waals surface area contributed by atoms with Crippen molar-refractivity contribution in [3.05, 3.63) is 128 Å². The zero-order valence-corrected chi connectivity index (χ0v) is 19.5. The number of nitrogens with zero attached hydrogens (tertiary/aromatic N) is 3. The fourth-order valence-corrected chi connectivity index (χ4v) is 5.94. The van der Waals surface area contributed by atoms with E-state index in [4.69, 9.17) is 0 Å². The maximum atomic E-state index is 4.42. The molecule has 0 aliphatic rings. The Hall–Kier alpha value is -4.89. The lowest BCUT2D eigenvalue weighted by molar-refractivity contribution is 1.14. The minimum absolute atomic E-state index is 1.07. The Morgan fingerprint density at radius 2 is 1.17 bits per heavy atom. The molecular weight excluding hydrogens is 438 g/mol. The molecule has 0 unspecified atom stereocenters. The van der Waals surface area contributed by atoms with Crippen LogP contribution in [0.2, 0.25) is 0 Å². The van der Waals surface area contributed by atoms with Gasteiger partial charge in [-0.2, -0.15) is 0 Å². The summed E-state index contributed by atoms with van der Waals surface area (Å²) in [6, 6.07) is 41.4. The second kappa shape index (κ2) is 7.30. The monoisotopic (exact) mass is 459 g/mol. The summed E-state index contributed by atoms with van der Waals surface area (Å²) in [5, 5.41) is 7.61. The minimum Gasteiger partial charge on any atom is -0.309 e. The summed E-state index contributed by atoms with van der Waals surface area (Å²) in [6.45, 7) is 0. The van der Waals surface area contributed by atoms with Crippen LogP contribution in [0.5, 0.6) is 0 Å². The van der Waals surface area contributed by atoms with Crippen LogP contribution in [0.15, 0.2) is 128 Å². The van der Waals surface area contributed by atoms with E-state index < -0.39 is 0 Å². The number of hydrogen-bond donors (Lipinski definition) is 0. The van der Waals surface area contributed by atoms with Crippen LogP contribution in [0.4, 0.5) is 0 Å². The van der Waals surface area contributed by atoms with Crippen molar-refractivity contribution in [1.82, 2.24) is 14.1 Å². The number of aromatic nitrogens is 3. The summed E-state index contributed by atoms with van der Waals surface area (Å²) < 4.78 is 4.78. The number of rotatable bonds is 2. The van der Waals surface area contributed by atoms with Crippen LogP contribution in [0, 0.1) is 0 Å². The highest BCUT2D eigenvalue weighted by Crippen LogP contribution is 2.43. The van der Waals surface area contributed by atoms with Crippen LogP contribution in [-0.2, 0) is 0 Å². The van der Waals surface area contributed by atoms with Gasteiger partial charge < -0.3 is 9.13 Å². The second-order valence-corrected chi connectivity index (χ2v) is 9.27. The standard InChI is InChI=1S/C33H21N3/c1-2-10-23(11-3-1)36-29-18-16-22-9-4-5-13-25(22)31(29)27-17-19-30-32(33(27)36)26-14-6-7-15-28(26)35(30)24-12-8-20-34-21-24/h1-21H. The molecule has 0 N–H and O–H groups in total. The minimum atomic E-state index is 1.07. The van der Waals surface area contributed by atoms with Gasteiger partial charge in [-0.05, 0) is 53.2 Å². The summed E-state index contributed by atoms with van der Waals surface area (Å²) in [5.41, 5.74) is 7.06. The molecule has 3 heteroatoms. The third-order valence-electron chi connectivity index (χ3n) is 7.37. The average Bonchev–Trinajstić information content (AvgIpc) is 3.47. The summed E-state index contributed by atoms with van der Waals surface area (Å²) in [6.07, 6.45) is 3.77. The van der Waals surface area contributed by atoms with E-state index in [1.165, 1.54) is 60.1 Å². The second-order valence-electron chi connectivity index (χ2n) is 9.27. The SMILES string of the molecule is c1ccc(-n2c3ccc4ccccc4c3c3ccc4c(c5ccccc5n4-c4cccnc4)c32)cc1. The van der Waals surface area contributed by atoms with Gasteiger partial charge in [-0.3, -0.25) is 4.98 Å². The maximum absolute atomic E-state index is 4.42. The Bertz CT molecular complexity index is 2080. The third-order valence-corrected chi connectivity index (χ3v) is 7.37. The van der Waals surface area contributed by atoms with Gasteiger partial charge in [0.2, 0.25) is 0 Å². The van der Waals surface area contributed by atoms with Gasteiger partial charge in [0.05, 0.1) is 34.0 Å². The number of benzene rings is 5. The molecule has 36 heavy (non-hydrogen) atoms.